The van der Waals surface area contributed by atoms with Gasteiger partial charge in [-0.1, -0.05) is 18.2 Å². The molecule has 4 heteroatoms. The molecule has 1 aromatic heterocycles. The van der Waals surface area contributed by atoms with Crippen LogP contribution in [0.25, 0.3) is 0 Å². The predicted octanol–water partition coefficient (Wildman–Crippen LogP) is 3.45. The number of fused-ring (bicyclic) bond motifs is 2. The largest absolute Gasteiger partial charge is 0.345 e. The van der Waals surface area contributed by atoms with E-state index < -0.39 is 0 Å². The van der Waals surface area contributed by atoms with Gasteiger partial charge in [-0.25, -0.2) is 4.98 Å². The Kier molecular flexibility index (Phi) is 3.20. The molecular weight excluding hydrogens is 266 g/mol. The minimum absolute atomic E-state index is 0.609. The Bertz CT molecular complexity index is 614. The second kappa shape index (κ2) is 5.19. The third kappa shape index (κ3) is 2.23. The van der Waals surface area contributed by atoms with Gasteiger partial charge in [0.1, 0.15) is 5.00 Å². The van der Waals surface area contributed by atoms with E-state index in [0.717, 1.165) is 25.9 Å². The highest BCUT2D eigenvalue weighted by molar-refractivity contribution is 7.16. The number of piperidine rings is 1. The molecule has 0 bridgehead atoms. The summed E-state index contributed by atoms with van der Waals surface area (Å²) in [4.78, 5) is 4.93. The summed E-state index contributed by atoms with van der Waals surface area (Å²) < 4.78 is 0. The van der Waals surface area contributed by atoms with Crippen molar-refractivity contribution >= 4 is 22.0 Å². The van der Waals surface area contributed by atoms with Gasteiger partial charge in [0.05, 0.1) is 10.7 Å². The zero-order chi connectivity index (χ0) is 13.4. The lowest BCUT2D eigenvalue weighted by molar-refractivity contribution is 0.460. The van der Waals surface area contributed by atoms with Crippen LogP contribution in [0.4, 0.5) is 10.7 Å². The third-order valence-electron chi connectivity index (χ3n) is 4.26. The molecule has 0 saturated carbocycles. The molecule has 3 nitrogen and oxygen atoms in total. The fourth-order valence-electron chi connectivity index (χ4n) is 3.11. The summed E-state index contributed by atoms with van der Waals surface area (Å²) in [5, 5.41) is 9.66. The summed E-state index contributed by atoms with van der Waals surface area (Å²) in [6.07, 6.45) is 4.68. The molecule has 0 spiro atoms. The first-order valence-electron chi connectivity index (χ1n) is 7.45. The predicted molar refractivity (Wildman–Crippen MR) is 84.1 cm³/mol. The van der Waals surface area contributed by atoms with Crippen LogP contribution in [0, 0.1) is 0 Å². The first-order valence-corrected chi connectivity index (χ1v) is 8.27. The van der Waals surface area contributed by atoms with Crippen molar-refractivity contribution in [3.05, 3.63) is 40.5 Å². The fraction of sp³-hybridized carbons (Fsp3) is 0.438. The van der Waals surface area contributed by atoms with E-state index in [9.17, 15) is 0 Å². The van der Waals surface area contributed by atoms with E-state index in [-0.39, 0.29) is 0 Å². The molecule has 2 aliphatic rings. The smallest absolute Gasteiger partial charge is 0.116 e. The zero-order valence-electron chi connectivity index (χ0n) is 11.5. The second-order valence-electron chi connectivity index (χ2n) is 5.65. The highest BCUT2D eigenvalue weighted by Crippen LogP contribution is 2.37. The maximum Gasteiger partial charge on any atom is 0.116 e. The third-order valence-corrected chi connectivity index (χ3v) is 5.43. The lowest BCUT2D eigenvalue weighted by Gasteiger charge is -2.20. The SMILES string of the molecule is c1ccc2c(c1)CCc1nc(C3CCCNC3)sc1N2. The number of nitrogens with one attached hydrogen (secondary N) is 2. The number of hydrogen-bond acceptors (Lipinski definition) is 4. The molecule has 2 N–H and O–H groups in total. The number of hydrogen-bond donors (Lipinski definition) is 2. The number of aromatic nitrogens is 1. The number of aryl methyl sites for hydroxylation is 2. The van der Waals surface area contributed by atoms with Crippen LogP contribution in [-0.2, 0) is 12.8 Å². The van der Waals surface area contributed by atoms with E-state index in [4.69, 9.17) is 4.98 Å². The van der Waals surface area contributed by atoms with Crippen molar-refractivity contribution < 1.29 is 0 Å². The van der Waals surface area contributed by atoms with Gasteiger partial charge in [0.2, 0.25) is 0 Å². The Balaban J connectivity index is 1.64. The molecule has 1 unspecified atom stereocenters. The summed E-state index contributed by atoms with van der Waals surface area (Å²) in [7, 11) is 0. The summed E-state index contributed by atoms with van der Waals surface area (Å²) >= 11 is 1.86. The molecule has 0 radical (unpaired) electrons. The van der Waals surface area contributed by atoms with Crippen molar-refractivity contribution in [2.75, 3.05) is 18.4 Å². The van der Waals surface area contributed by atoms with Gasteiger partial charge in [0, 0.05) is 18.2 Å². The summed E-state index contributed by atoms with van der Waals surface area (Å²) in [5.74, 6) is 0.609. The first-order chi connectivity index (χ1) is 9.90. The van der Waals surface area contributed by atoms with Gasteiger partial charge in [-0.05, 0) is 43.9 Å². The fourth-order valence-corrected chi connectivity index (χ4v) is 4.27. The van der Waals surface area contributed by atoms with Crippen LogP contribution in [0.1, 0.15) is 35.0 Å². The van der Waals surface area contributed by atoms with Crippen LogP contribution in [0.3, 0.4) is 0 Å². The minimum Gasteiger partial charge on any atom is -0.345 e. The van der Waals surface area contributed by atoms with Crippen molar-refractivity contribution in [3.63, 3.8) is 0 Å². The number of rotatable bonds is 1. The van der Waals surface area contributed by atoms with Crippen molar-refractivity contribution in [3.8, 4) is 0 Å². The van der Waals surface area contributed by atoms with Crippen LogP contribution >= 0.6 is 11.3 Å². The molecule has 20 heavy (non-hydrogen) atoms. The van der Waals surface area contributed by atoms with Crippen LogP contribution in [0.15, 0.2) is 24.3 Å². The topological polar surface area (TPSA) is 37.0 Å². The molecule has 2 aromatic rings. The summed E-state index contributed by atoms with van der Waals surface area (Å²) in [6, 6.07) is 8.60. The van der Waals surface area contributed by atoms with Crippen molar-refractivity contribution in [2.45, 2.75) is 31.6 Å². The monoisotopic (exact) mass is 285 g/mol. The van der Waals surface area contributed by atoms with E-state index in [1.54, 1.807) is 0 Å². The van der Waals surface area contributed by atoms with Gasteiger partial charge in [-0.2, -0.15) is 0 Å². The molecule has 4 rings (SSSR count). The molecule has 1 fully saturated rings. The van der Waals surface area contributed by atoms with Gasteiger partial charge in [-0.15, -0.1) is 11.3 Å². The summed E-state index contributed by atoms with van der Waals surface area (Å²) in [6.45, 7) is 2.25. The maximum absolute atomic E-state index is 4.93. The molecule has 3 heterocycles. The lowest BCUT2D eigenvalue weighted by Crippen LogP contribution is -2.28. The van der Waals surface area contributed by atoms with Crippen molar-refractivity contribution in [1.82, 2.24) is 10.3 Å². The summed E-state index contributed by atoms with van der Waals surface area (Å²) in [5.41, 5.74) is 3.91. The van der Waals surface area contributed by atoms with Gasteiger partial charge < -0.3 is 10.6 Å². The van der Waals surface area contributed by atoms with E-state index in [2.05, 4.69) is 34.9 Å². The Morgan fingerprint density at radius 2 is 2.15 bits per heavy atom. The van der Waals surface area contributed by atoms with Crippen molar-refractivity contribution in [2.24, 2.45) is 0 Å². The molecule has 0 amide bonds. The van der Waals surface area contributed by atoms with Crippen LogP contribution in [0.5, 0.6) is 0 Å². The highest BCUT2D eigenvalue weighted by atomic mass is 32.1. The second-order valence-corrected chi connectivity index (χ2v) is 6.68. The van der Waals surface area contributed by atoms with E-state index in [1.165, 1.54) is 39.8 Å². The zero-order valence-corrected chi connectivity index (χ0v) is 12.3. The standard InChI is InChI=1S/C16H19N3S/c1-2-6-13-11(4-1)7-8-14-16(18-13)20-15(19-14)12-5-3-9-17-10-12/h1-2,4,6,12,17-18H,3,5,7-10H2. The Hall–Kier alpha value is -1.39. The van der Waals surface area contributed by atoms with Crippen LogP contribution < -0.4 is 10.6 Å². The van der Waals surface area contributed by atoms with Crippen molar-refractivity contribution in [1.29, 1.82) is 0 Å². The first kappa shape index (κ1) is 12.4. The molecule has 104 valence electrons. The average molecular weight is 285 g/mol. The molecule has 1 atom stereocenters. The maximum atomic E-state index is 4.93. The van der Waals surface area contributed by atoms with E-state index >= 15 is 0 Å². The number of thiazole rings is 1. The number of benzene rings is 1. The minimum atomic E-state index is 0.609. The Morgan fingerprint density at radius 1 is 1.20 bits per heavy atom. The Morgan fingerprint density at radius 3 is 3.05 bits per heavy atom. The number of para-hydroxylation sites is 1. The number of anilines is 2. The lowest BCUT2D eigenvalue weighted by atomic mass is 10.0. The molecule has 1 aromatic carbocycles. The quantitative estimate of drug-likeness (QED) is 0.842. The van der Waals surface area contributed by atoms with E-state index in [1.807, 2.05) is 11.3 Å². The average Bonchev–Trinajstić information content (AvgIpc) is 2.82. The van der Waals surface area contributed by atoms with E-state index in [0.29, 0.717) is 5.92 Å². The molecule has 0 aliphatic carbocycles. The number of nitrogens with zero attached hydrogens (tertiary/aromatic N) is 1. The van der Waals surface area contributed by atoms with Crippen LogP contribution in [-0.4, -0.2) is 18.1 Å². The molecule has 1 saturated heterocycles. The van der Waals surface area contributed by atoms with Gasteiger partial charge in [-0.3, -0.25) is 0 Å². The van der Waals surface area contributed by atoms with Gasteiger partial charge in [0.15, 0.2) is 0 Å². The van der Waals surface area contributed by atoms with Gasteiger partial charge >= 0.3 is 0 Å². The van der Waals surface area contributed by atoms with Crippen LogP contribution in [0.2, 0.25) is 0 Å². The normalized spacial score (nSPS) is 21.5. The Labute approximate surface area is 123 Å². The van der Waals surface area contributed by atoms with Gasteiger partial charge in [0.25, 0.3) is 0 Å². The highest BCUT2D eigenvalue weighted by Gasteiger charge is 2.23. The molecular formula is C16H19N3S. The molecule has 2 aliphatic heterocycles.